The molecule has 1 aliphatic heterocycles. The molecule has 1 saturated heterocycles. The summed E-state index contributed by atoms with van der Waals surface area (Å²) < 4.78 is 34.6. The number of amides is 1. The van der Waals surface area contributed by atoms with Crippen LogP contribution in [0.1, 0.15) is 16.2 Å². The number of methoxy groups -OCH3 is 1. The first kappa shape index (κ1) is 19.7. The van der Waals surface area contributed by atoms with E-state index in [-0.39, 0.29) is 17.5 Å². The molecule has 150 valence electrons. The molecule has 0 bridgehead atoms. The number of carbonyl (C=O) groups is 1. The van der Waals surface area contributed by atoms with E-state index >= 15 is 0 Å². The Hall–Kier alpha value is -3.04. The standard InChI is InChI=1S/C18H21F2N5O3/c1-12-10-16(27-2)23-18(21-12)25-8-6-24(7-9-25)17(26)13-4-3-5-15(22-13)28-11-14(19)20/h3-5,10,14H,6-9,11H2,1-2H3. The molecule has 1 fully saturated rings. The molecule has 0 atom stereocenters. The number of alkyl halides is 2. The first-order valence-electron chi connectivity index (χ1n) is 8.78. The van der Waals surface area contributed by atoms with Gasteiger partial charge in [0, 0.05) is 44.0 Å². The Labute approximate surface area is 161 Å². The molecule has 0 spiro atoms. The Morgan fingerprint density at radius 3 is 2.57 bits per heavy atom. The van der Waals surface area contributed by atoms with Gasteiger partial charge in [0.05, 0.1) is 7.11 Å². The monoisotopic (exact) mass is 393 g/mol. The van der Waals surface area contributed by atoms with Crippen molar-refractivity contribution in [2.45, 2.75) is 13.3 Å². The third-order valence-corrected chi connectivity index (χ3v) is 4.18. The molecule has 2 aromatic rings. The molecule has 0 saturated carbocycles. The molecule has 2 aromatic heterocycles. The van der Waals surface area contributed by atoms with Crippen LogP contribution in [-0.2, 0) is 0 Å². The number of nitrogens with zero attached hydrogens (tertiary/aromatic N) is 5. The van der Waals surface area contributed by atoms with Crippen molar-refractivity contribution in [1.29, 1.82) is 0 Å². The molecular weight excluding hydrogens is 372 g/mol. The van der Waals surface area contributed by atoms with Crippen LogP contribution in [-0.4, -0.2) is 72.1 Å². The molecule has 10 heteroatoms. The molecule has 0 aliphatic carbocycles. The minimum Gasteiger partial charge on any atom is -0.481 e. The Kier molecular flexibility index (Phi) is 6.17. The van der Waals surface area contributed by atoms with Gasteiger partial charge >= 0.3 is 0 Å². The summed E-state index contributed by atoms with van der Waals surface area (Å²) in [5.41, 5.74) is 0.957. The van der Waals surface area contributed by atoms with Gasteiger partial charge in [-0.25, -0.2) is 18.7 Å². The highest BCUT2D eigenvalue weighted by atomic mass is 19.3. The number of hydrogen-bond acceptors (Lipinski definition) is 7. The fourth-order valence-electron chi connectivity index (χ4n) is 2.80. The van der Waals surface area contributed by atoms with E-state index < -0.39 is 13.0 Å². The quantitative estimate of drug-likeness (QED) is 0.740. The van der Waals surface area contributed by atoms with Gasteiger partial charge in [-0.15, -0.1) is 0 Å². The van der Waals surface area contributed by atoms with E-state index in [2.05, 4.69) is 15.0 Å². The molecule has 0 unspecified atom stereocenters. The molecular formula is C18H21F2N5O3. The average Bonchev–Trinajstić information content (AvgIpc) is 2.71. The summed E-state index contributed by atoms with van der Waals surface area (Å²) in [6.07, 6.45) is -2.60. The van der Waals surface area contributed by atoms with Crippen molar-refractivity contribution in [3.8, 4) is 11.8 Å². The molecule has 3 heterocycles. The molecule has 28 heavy (non-hydrogen) atoms. The molecule has 0 N–H and O–H groups in total. The van der Waals surface area contributed by atoms with Crippen molar-refractivity contribution in [2.24, 2.45) is 0 Å². The van der Waals surface area contributed by atoms with Gasteiger partial charge in [0.2, 0.25) is 17.7 Å². The predicted molar refractivity (Wildman–Crippen MR) is 97.2 cm³/mol. The lowest BCUT2D eigenvalue weighted by molar-refractivity contribution is 0.0729. The van der Waals surface area contributed by atoms with Crippen LogP contribution < -0.4 is 14.4 Å². The zero-order valence-electron chi connectivity index (χ0n) is 15.6. The normalized spacial score (nSPS) is 14.3. The Balaban J connectivity index is 1.62. The molecule has 1 amide bonds. The number of rotatable bonds is 6. The fraction of sp³-hybridized carbons (Fsp3) is 0.444. The number of carbonyl (C=O) groups excluding carboxylic acids is 1. The van der Waals surface area contributed by atoms with Crippen molar-refractivity contribution in [3.05, 3.63) is 35.7 Å². The lowest BCUT2D eigenvalue weighted by atomic mass is 10.2. The molecule has 0 aromatic carbocycles. The van der Waals surface area contributed by atoms with Crippen molar-refractivity contribution < 1.29 is 23.0 Å². The summed E-state index contributed by atoms with van der Waals surface area (Å²) in [7, 11) is 1.55. The summed E-state index contributed by atoms with van der Waals surface area (Å²) in [6.45, 7) is 3.13. The van der Waals surface area contributed by atoms with E-state index in [1.54, 1.807) is 30.2 Å². The van der Waals surface area contributed by atoms with Crippen molar-refractivity contribution in [2.75, 3.05) is 44.8 Å². The predicted octanol–water partition coefficient (Wildman–Crippen LogP) is 1.79. The van der Waals surface area contributed by atoms with Gasteiger partial charge in [0.15, 0.2) is 6.61 Å². The number of piperazine rings is 1. The van der Waals surface area contributed by atoms with E-state index in [0.29, 0.717) is 38.0 Å². The first-order valence-corrected chi connectivity index (χ1v) is 8.78. The molecule has 3 rings (SSSR count). The van der Waals surface area contributed by atoms with Crippen LogP contribution in [0, 0.1) is 6.92 Å². The van der Waals surface area contributed by atoms with Crippen LogP contribution in [0.25, 0.3) is 0 Å². The summed E-state index contributed by atoms with van der Waals surface area (Å²) in [5.74, 6) is 0.783. The highest BCUT2D eigenvalue weighted by Gasteiger charge is 2.25. The summed E-state index contributed by atoms with van der Waals surface area (Å²) in [5, 5.41) is 0. The van der Waals surface area contributed by atoms with Crippen molar-refractivity contribution in [1.82, 2.24) is 19.9 Å². The SMILES string of the molecule is COc1cc(C)nc(N2CCN(C(=O)c3cccc(OCC(F)F)n3)CC2)n1. The second-order valence-electron chi connectivity index (χ2n) is 6.19. The lowest BCUT2D eigenvalue weighted by Gasteiger charge is -2.34. The van der Waals surface area contributed by atoms with Crippen molar-refractivity contribution >= 4 is 11.9 Å². The third kappa shape index (κ3) is 4.81. The van der Waals surface area contributed by atoms with Gasteiger partial charge in [-0.1, -0.05) is 6.07 Å². The Morgan fingerprint density at radius 2 is 1.89 bits per heavy atom. The molecule has 8 nitrogen and oxygen atoms in total. The van der Waals surface area contributed by atoms with Crippen LogP contribution in [0.3, 0.4) is 0 Å². The number of pyridine rings is 1. The minimum absolute atomic E-state index is 0.00467. The maximum atomic E-state index is 12.7. The van der Waals surface area contributed by atoms with Crippen LogP contribution in [0.5, 0.6) is 11.8 Å². The van der Waals surface area contributed by atoms with E-state index in [9.17, 15) is 13.6 Å². The van der Waals surface area contributed by atoms with Gasteiger partial charge in [0.25, 0.3) is 12.3 Å². The topological polar surface area (TPSA) is 80.7 Å². The smallest absolute Gasteiger partial charge is 0.272 e. The van der Waals surface area contributed by atoms with Crippen molar-refractivity contribution in [3.63, 3.8) is 0 Å². The second-order valence-corrected chi connectivity index (χ2v) is 6.19. The van der Waals surface area contributed by atoms with E-state index in [4.69, 9.17) is 9.47 Å². The number of ether oxygens (including phenoxy) is 2. The zero-order valence-corrected chi connectivity index (χ0v) is 15.6. The van der Waals surface area contributed by atoms with Gasteiger partial charge in [-0.05, 0) is 13.0 Å². The maximum absolute atomic E-state index is 12.7. The average molecular weight is 393 g/mol. The van der Waals surface area contributed by atoms with Crippen LogP contribution in [0.15, 0.2) is 24.3 Å². The summed E-state index contributed by atoms with van der Waals surface area (Å²) in [6, 6.07) is 6.29. The van der Waals surface area contributed by atoms with Gasteiger partial charge in [0.1, 0.15) is 5.69 Å². The number of aromatic nitrogens is 3. The van der Waals surface area contributed by atoms with Crippen LogP contribution in [0.4, 0.5) is 14.7 Å². The summed E-state index contributed by atoms with van der Waals surface area (Å²) >= 11 is 0. The Morgan fingerprint density at radius 1 is 1.14 bits per heavy atom. The van der Waals surface area contributed by atoms with Crippen LogP contribution >= 0.6 is 0 Å². The first-order chi connectivity index (χ1) is 13.5. The van der Waals surface area contributed by atoms with E-state index in [0.717, 1.165) is 5.69 Å². The number of aryl methyl sites for hydroxylation is 1. The lowest BCUT2D eigenvalue weighted by Crippen LogP contribution is -2.49. The highest BCUT2D eigenvalue weighted by Crippen LogP contribution is 2.18. The fourth-order valence-corrected chi connectivity index (χ4v) is 2.80. The van der Waals surface area contributed by atoms with E-state index in [1.165, 1.54) is 6.07 Å². The number of anilines is 1. The van der Waals surface area contributed by atoms with Gasteiger partial charge < -0.3 is 19.3 Å². The maximum Gasteiger partial charge on any atom is 0.272 e. The van der Waals surface area contributed by atoms with Gasteiger partial charge in [-0.2, -0.15) is 4.98 Å². The Bertz CT molecular complexity index is 829. The zero-order chi connectivity index (χ0) is 20.1. The largest absolute Gasteiger partial charge is 0.481 e. The summed E-state index contributed by atoms with van der Waals surface area (Å²) in [4.78, 5) is 29.1. The van der Waals surface area contributed by atoms with Crippen LogP contribution in [0.2, 0.25) is 0 Å². The third-order valence-electron chi connectivity index (χ3n) is 4.18. The van der Waals surface area contributed by atoms with Gasteiger partial charge in [-0.3, -0.25) is 4.79 Å². The molecule has 0 radical (unpaired) electrons. The van der Waals surface area contributed by atoms with E-state index in [1.807, 2.05) is 11.8 Å². The molecule has 1 aliphatic rings. The minimum atomic E-state index is -2.60. The number of halogens is 2. The second kappa shape index (κ2) is 8.77. The number of hydrogen-bond donors (Lipinski definition) is 0. The highest BCUT2D eigenvalue weighted by molar-refractivity contribution is 5.92.